The first-order valence-corrected chi connectivity index (χ1v) is 7.21. The van der Waals surface area contributed by atoms with Gasteiger partial charge in [-0.05, 0) is 44.3 Å². The minimum Gasteiger partial charge on any atom is -0.338 e. The third-order valence-corrected chi connectivity index (χ3v) is 4.17. The Balaban J connectivity index is 1.94. The van der Waals surface area contributed by atoms with Crippen LogP contribution in [0.15, 0.2) is 17.5 Å². The number of hydrogen-bond donors (Lipinski definition) is 1. The summed E-state index contributed by atoms with van der Waals surface area (Å²) in [7, 11) is 0. The molecule has 0 aliphatic carbocycles. The van der Waals surface area contributed by atoms with Crippen LogP contribution >= 0.6 is 11.3 Å². The first-order chi connectivity index (χ1) is 8.31. The Morgan fingerprint density at radius 1 is 1.53 bits per heavy atom. The van der Waals surface area contributed by atoms with Gasteiger partial charge in [0.15, 0.2) is 0 Å². The van der Waals surface area contributed by atoms with E-state index in [-0.39, 0.29) is 5.92 Å². The summed E-state index contributed by atoms with van der Waals surface area (Å²) in [5.41, 5.74) is 0. The van der Waals surface area contributed by atoms with Crippen molar-refractivity contribution in [1.29, 1.82) is 0 Å². The molecule has 0 spiro atoms. The van der Waals surface area contributed by atoms with Crippen molar-refractivity contribution in [2.45, 2.75) is 26.3 Å². The molecule has 0 atom stereocenters. The van der Waals surface area contributed by atoms with Gasteiger partial charge >= 0.3 is 0 Å². The molecule has 1 fully saturated rings. The van der Waals surface area contributed by atoms with E-state index in [0.29, 0.717) is 5.91 Å². The zero-order chi connectivity index (χ0) is 12.1. The molecule has 0 saturated carbocycles. The van der Waals surface area contributed by atoms with E-state index in [0.717, 1.165) is 39.0 Å². The molecule has 0 bridgehead atoms. The second-order valence-corrected chi connectivity index (χ2v) is 5.49. The Hall–Kier alpha value is -0.870. The fraction of sp³-hybridized carbons (Fsp3) is 0.615. The molecule has 1 aromatic heterocycles. The van der Waals surface area contributed by atoms with Crippen LogP contribution in [0.1, 0.15) is 24.6 Å². The Morgan fingerprint density at radius 3 is 2.88 bits per heavy atom. The highest BCUT2D eigenvalue weighted by molar-refractivity contribution is 7.09. The van der Waals surface area contributed by atoms with E-state index in [1.807, 2.05) is 11.0 Å². The first kappa shape index (κ1) is 12.6. The van der Waals surface area contributed by atoms with Crippen molar-refractivity contribution in [2.24, 2.45) is 5.92 Å². The molecule has 0 aromatic carbocycles. The molecule has 1 aromatic rings. The number of carbonyl (C=O) groups excluding carboxylic acids is 1. The van der Waals surface area contributed by atoms with Gasteiger partial charge in [-0.1, -0.05) is 6.07 Å². The average molecular weight is 252 g/mol. The maximum absolute atomic E-state index is 12.4. The third-order valence-electron chi connectivity index (χ3n) is 3.31. The minimum absolute atomic E-state index is 0.233. The van der Waals surface area contributed by atoms with Gasteiger partial charge in [0, 0.05) is 17.3 Å². The lowest BCUT2D eigenvalue weighted by molar-refractivity contribution is -0.136. The summed E-state index contributed by atoms with van der Waals surface area (Å²) in [4.78, 5) is 15.6. The van der Waals surface area contributed by atoms with E-state index in [9.17, 15) is 4.79 Å². The van der Waals surface area contributed by atoms with Crippen molar-refractivity contribution in [3.8, 4) is 0 Å². The number of carbonyl (C=O) groups is 1. The van der Waals surface area contributed by atoms with E-state index in [2.05, 4.69) is 23.7 Å². The van der Waals surface area contributed by atoms with Crippen molar-refractivity contribution < 1.29 is 4.79 Å². The van der Waals surface area contributed by atoms with Crippen LogP contribution in [-0.4, -0.2) is 30.4 Å². The van der Waals surface area contributed by atoms with E-state index in [1.165, 1.54) is 4.88 Å². The molecule has 3 nitrogen and oxygen atoms in total. The van der Waals surface area contributed by atoms with Crippen LogP contribution in [0.25, 0.3) is 0 Å². The molecule has 2 heterocycles. The van der Waals surface area contributed by atoms with Crippen molar-refractivity contribution in [2.75, 3.05) is 19.6 Å². The monoisotopic (exact) mass is 252 g/mol. The van der Waals surface area contributed by atoms with Gasteiger partial charge in [-0.25, -0.2) is 0 Å². The number of piperidine rings is 1. The molecule has 2 rings (SSSR count). The fourth-order valence-corrected chi connectivity index (χ4v) is 2.98. The summed E-state index contributed by atoms with van der Waals surface area (Å²) >= 11 is 1.72. The van der Waals surface area contributed by atoms with Gasteiger partial charge in [0.1, 0.15) is 0 Å². The van der Waals surface area contributed by atoms with E-state index < -0.39 is 0 Å². The van der Waals surface area contributed by atoms with Crippen LogP contribution in [0.3, 0.4) is 0 Å². The smallest absolute Gasteiger partial charge is 0.226 e. The summed E-state index contributed by atoms with van der Waals surface area (Å²) in [5, 5.41) is 5.37. The van der Waals surface area contributed by atoms with Crippen LogP contribution in [0.4, 0.5) is 0 Å². The summed E-state index contributed by atoms with van der Waals surface area (Å²) in [6.07, 6.45) is 1.97. The molecule has 1 amide bonds. The van der Waals surface area contributed by atoms with Crippen LogP contribution in [0, 0.1) is 5.92 Å². The molecule has 1 aliphatic rings. The summed E-state index contributed by atoms with van der Waals surface area (Å²) in [6.45, 7) is 5.60. The molecule has 0 unspecified atom stereocenters. The summed E-state index contributed by atoms with van der Waals surface area (Å²) < 4.78 is 0. The number of thiophene rings is 1. The van der Waals surface area contributed by atoms with E-state index >= 15 is 0 Å². The standard InChI is InChI=1S/C13H20N2OS/c1-2-15(10-12-4-3-9-17-12)13(16)11-5-7-14-8-6-11/h3-4,9,11,14H,2,5-8,10H2,1H3. The SMILES string of the molecule is CCN(Cc1cccs1)C(=O)C1CCNCC1. The number of amides is 1. The Bertz CT molecular complexity index is 344. The number of nitrogens with zero attached hydrogens (tertiary/aromatic N) is 1. The van der Waals surface area contributed by atoms with Gasteiger partial charge in [-0.3, -0.25) is 4.79 Å². The third kappa shape index (κ3) is 3.30. The largest absolute Gasteiger partial charge is 0.338 e. The van der Waals surface area contributed by atoms with Crippen molar-refractivity contribution >= 4 is 17.2 Å². The Morgan fingerprint density at radius 2 is 2.29 bits per heavy atom. The van der Waals surface area contributed by atoms with Crippen LogP contribution < -0.4 is 5.32 Å². The van der Waals surface area contributed by atoms with Crippen LogP contribution in [0.2, 0.25) is 0 Å². The van der Waals surface area contributed by atoms with Gasteiger partial charge in [0.25, 0.3) is 0 Å². The van der Waals surface area contributed by atoms with Crippen molar-refractivity contribution in [3.05, 3.63) is 22.4 Å². The maximum atomic E-state index is 12.4. The normalized spacial score (nSPS) is 17.0. The number of nitrogens with one attached hydrogen (secondary N) is 1. The first-order valence-electron chi connectivity index (χ1n) is 6.33. The van der Waals surface area contributed by atoms with Gasteiger partial charge < -0.3 is 10.2 Å². The Labute approximate surface area is 107 Å². The number of hydrogen-bond acceptors (Lipinski definition) is 3. The quantitative estimate of drug-likeness (QED) is 0.890. The molecule has 1 saturated heterocycles. The minimum atomic E-state index is 0.233. The van der Waals surface area contributed by atoms with Gasteiger partial charge in [-0.2, -0.15) is 0 Å². The maximum Gasteiger partial charge on any atom is 0.226 e. The zero-order valence-corrected chi connectivity index (χ0v) is 11.1. The highest BCUT2D eigenvalue weighted by atomic mass is 32.1. The lowest BCUT2D eigenvalue weighted by Gasteiger charge is -2.28. The topological polar surface area (TPSA) is 32.3 Å². The molecular weight excluding hydrogens is 232 g/mol. The van der Waals surface area contributed by atoms with E-state index in [4.69, 9.17) is 0 Å². The summed E-state index contributed by atoms with van der Waals surface area (Å²) in [5.74, 6) is 0.568. The highest BCUT2D eigenvalue weighted by Gasteiger charge is 2.25. The molecule has 1 N–H and O–H groups in total. The zero-order valence-electron chi connectivity index (χ0n) is 10.3. The fourth-order valence-electron chi connectivity index (χ4n) is 2.26. The lowest BCUT2D eigenvalue weighted by atomic mass is 9.96. The summed E-state index contributed by atoms with van der Waals surface area (Å²) in [6, 6.07) is 4.14. The molecular formula is C13H20N2OS. The van der Waals surface area contributed by atoms with Gasteiger partial charge in [-0.15, -0.1) is 11.3 Å². The van der Waals surface area contributed by atoms with Crippen LogP contribution in [-0.2, 0) is 11.3 Å². The molecule has 4 heteroatoms. The lowest BCUT2D eigenvalue weighted by Crippen LogP contribution is -2.40. The van der Waals surface area contributed by atoms with Gasteiger partial charge in [0.05, 0.1) is 6.54 Å². The predicted molar refractivity (Wildman–Crippen MR) is 71.0 cm³/mol. The second kappa shape index (κ2) is 6.17. The second-order valence-electron chi connectivity index (χ2n) is 4.46. The Kier molecular flexibility index (Phi) is 4.57. The number of rotatable bonds is 4. The van der Waals surface area contributed by atoms with Crippen molar-refractivity contribution in [1.82, 2.24) is 10.2 Å². The average Bonchev–Trinajstić information content (AvgIpc) is 2.89. The predicted octanol–water partition coefficient (Wildman–Crippen LogP) is 2.10. The van der Waals surface area contributed by atoms with Crippen LogP contribution in [0.5, 0.6) is 0 Å². The highest BCUT2D eigenvalue weighted by Crippen LogP contribution is 2.18. The molecule has 17 heavy (non-hydrogen) atoms. The molecule has 0 radical (unpaired) electrons. The van der Waals surface area contributed by atoms with Crippen molar-refractivity contribution in [3.63, 3.8) is 0 Å². The van der Waals surface area contributed by atoms with E-state index in [1.54, 1.807) is 11.3 Å². The molecule has 94 valence electrons. The molecule has 1 aliphatic heterocycles. The van der Waals surface area contributed by atoms with Gasteiger partial charge in [0.2, 0.25) is 5.91 Å².